The average molecular weight is 328 g/mol. The maximum atomic E-state index is 5.19. The van der Waals surface area contributed by atoms with Gasteiger partial charge in [0.2, 0.25) is 11.8 Å². The summed E-state index contributed by atoms with van der Waals surface area (Å²) in [4.78, 5) is 13.4. The third-order valence-electron chi connectivity index (χ3n) is 4.29. The zero-order valence-electron chi connectivity index (χ0n) is 14.3. The Bertz CT molecular complexity index is 640. The van der Waals surface area contributed by atoms with E-state index >= 15 is 0 Å². The van der Waals surface area contributed by atoms with Crippen LogP contribution in [-0.4, -0.2) is 60.2 Å². The minimum Gasteiger partial charge on any atom is -0.481 e. The molecule has 0 spiro atoms. The maximum Gasteiger partial charge on any atom is 0.213 e. The van der Waals surface area contributed by atoms with Gasteiger partial charge < -0.3 is 9.47 Å². The van der Waals surface area contributed by atoms with Crippen molar-refractivity contribution in [2.45, 2.75) is 13.1 Å². The summed E-state index contributed by atoms with van der Waals surface area (Å²) in [5.41, 5.74) is 2.47. The molecule has 0 saturated carbocycles. The van der Waals surface area contributed by atoms with Gasteiger partial charge in [-0.15, -0.1) is 0 Å². The number of pyridine rings is 2. The van der Waals surface area contributed by atoms with Crippen LogP contribution in [0.4, 0.5) is 0 Å². The van der Waals surface area contributed by atoms with Crippen molar-refractivity contribution in [3.8, 4) is 11.8 Å². The smallest absolute Gasteiger partial charge is 0.213 e. The highest BCUT2D eigenvalue weighted by Crippen LogP contribution is 2.14. The molecule has 2 aromatic rings. The number of nitrogens with zero attached hydrogens (tertiary/aromatic N) is 4. The molecule has 3 rings (SSSR count). The molecule has 0 radical (unpaired) electrons. The molecule has 128 valence electrons. The lowest BCUT2D eigenvalue weighted by Gasteiger charge is -2.34. The number of rotatable bonds is 6. The predicted octanol–water partition coefficient (Wildman–Crippen LogP) is 1.81. The van der Waals surface area contributed by atoms with E-state index in [1.54, 1.807) is 20.4 Å². The van der Waals surface area contributed by atoms with E-state index in [9.17, 15) is 0 Å². The van der Waals surface area contributed by atoms with Crippen molar-refractivity contribution in [3.63, 3.8) is 0 Å². The Morgan fingerprint density at radius 3 is 2.08 bits per heavy atom. The van der Waals surface area contributed by atoms with Crippen molar-refractivity contribution in [2.75, 3.05) is 40.4 Å². The lowest BCUT2D eigenvalue weighted by atomic mass is 10.2. The van der Waals surface area contributed by atoms with Crippen LogP contribution in [0.5, 0.6) is 11.8 Å². The van der Waals surface area contributed by atoms with Gasteiger partial charge in [0.25, 0.3) is 0 Å². The van der Waals surface area contributed by atoms with Gasteiger partial charge >= 0.3 is 0 Å². The quantitative estimate of drug-likeness (QED) is 0.806. The van der Waals surface area contributed by atoms with Gasteiger partial charge in [-0.25, -0.2) is 9.97 Å². The van der Waals surface area contributed by atoms with Crippen molar-refractivity contribution in [2.24, 2.45) is 0 Å². The third-order valence-corrected chi connectivity index (χ3v) is 4.29. The Labute approximate surface area is 143 Å². The minimum absolute atomic E-state index is 0.663. The maximum absolute atomic E-state index is 5.19. The molecule has 6 heteroatoms. The summed E-state index contributed by atoms with van der Waals surface area (Å²) in [5, 5.41) is 0. The molecule has 0 amide bonds. The molecular weight excluding hydrogens is 304 g/mol. The van der Waals surface area contributed by atoms with E-state index in [4.69, 9.17) is 9.47 Å². The second-order valence-corrected chi connectivity index (χ2v) is 5.97. The van der Waals surface area contributed by atoms with Crippen LogP contribution in [0.2, 0.25) is 0 Å². The summed E-state index contributed by atoms with van der Waals surface area (Å²) >= 11 is 0. The van der Waals surface area contributed by atoms with Crippen molar-refractivity contribution in [3.05, 3.63) is 47.8 Å². The first kappa shape index (κ1) is 16.7. The van der Waals surface area contributed by atoms with Crippen LogP contribution in [0.1, 0.15) is 11.1 Å². The summed E-state index contributed by atoms with van der Waals surface area (Å²) in [5.74, 6) is 1.34. The van der Waals surface area contributed by atoms with Crippen LogP contribution in [0.15, 0.2) is 36.7 Å². The molecule has 1 saturated heterocycles. The first-order valence-electron chi connectivity index (χ1n) is 8.19. The Kier molecular flexibility index (Phi) is 5.61. The first-order valence-corrected chi connectivity index (χ1v) is 8.19. The van der Waals surface area contributed by atoms with Crippen LogP contribution in [-0.2, 0) is 13.1 Å². The van der Waals surface area contributed by atoms with Gasteiger partial charge in [-0.05, 0) is 17.2 Å². The molecule has 2 aromatic heterocycles. The molecule has 1 aliphatic rings. The Hall–Kier alpha value is -2.18. The standard InChI is InChI=1S/C18H24N4O2/c1-23-17-4-3-16(12-20-17)14-22-9-7-21(8-10-22)13-15-5-6-19-18(11-15)24-2/h3-6,11-12H,7-10,13-14H2,1-2H3. The fourth-order valence-corrected chi connectivity index (χ4v) is 2.91. The summed E-state index contributed by atoms with van der Waals surface area (Å²) in [6, 6.07) is 8.07. The van der Waals surface area contributed by atoms with Crippen molar-refractivity contribution < 1.29 is 9.47 Å². The summed E-state index contributed by atoms with van der Waals surface area (Å²) < 4.78 is 10.3. The summed E-state index contributed by atoms with van der Waals surface area (Å²) in [6.45, 7) is 6.13. The molecule has 24 heavy (non-hydrogen) atoms. The normalized spacial score (nSPS) is 16.1. The zero-order chi connectivity index (χ0) is 16.8. The largest absolute Gasteiger partial charge is 0.481 e. The van der Waals surface area contributed by atoms with E-state index in [1.165, 1.54) is 11.1 Å². The van der Waals surface area contributed by atoms with Crippen molar-refractivity contribution in [1.82, 2.24) is 19.8 Å². The molecule has 3 heterocycles. The number of piperazine rings is 1. The highest BCUT2D eigenvalue weighted by Gasteiger charge is 2.17. The molecular formula is C18H24N4O2. The van der Waals surface area contributed by atoms with Crippen LogP contribution in [0.25, 0.3) is 0 Å². The fourth-order valence-electron chi connectivity index (χ4n) is 2.91. The van der Waals surface area contributed by atoms with Crippen LogP contribution in [0.3, 0.4) is 0 Å². The van der Waals surface area contributed by atoms with E-state index in [-0.39, 0.29) is 0 Å². The zero-order valence-corrected chi connectivity index (χ0v) is 14.3. The average Bonchev–Trinajstić information content (AvgIpc) is 2.64. The van der Waals surface area contributed by atoms with Crippen molar-refractivity contribution >= 4 is 0 Å². The minimum atomic E-state index is 0.663. The predicted molar refractivity (Wildman–Crippen MR) is 92.1 cm³/mol. The Morgan fingerprint density at radius 2 is 1.50 bits per heavy atom. The molecule has 6 nitrogen and oxygen atoms in total. The molecule has 0 bridgehead atoms. The number of hydrogen-bond donors (Lipinski definition) is 0. The summed E-state index contributed by atoms with van der Waals surface area (Å²) in [7, 11) is 3.29. The monoisotopic (exact) mass is 328 g/mol. The van der Waals surface area contributed by atoms with E-state index < -0.39 is 0 Å². The van der Waals surface area contributed by atoms with E-state index in [0.29, 0.717) is 11.8 Å². The van der Waals surface area contributed by atoms with Gasteiger partial charge in [0.15, 0.2) is 0 Å². The lowest BCUT2D eigenvalue weighted by molar-refractivity contribution is 0.122. The number of ether oxygens (including phenoxy) is 2. The topological polar surface area (TPSA) is 50.7 Å². The Morgan fingerprint density at radius 1 is 0.833 bits per heavy atom. The molecule has 1 fully saturated rings. The van der Waals surface area contributed by atoms with Crippen LogP contribution >= 0.6 is 0 Å². The second-order valence-electron chi connectivity index (χ2n) is 5.97. The number of hydrogen-bond acceptors (Lipinski definition) is 6. The van der Waals surface area contributed by atoms with Gasteiger partial charge in [-0.3, -0.25) is 9.80 Å². The van der Waals surface area contributed by atoms with Gasteiger partial charge in [0.05, 0.1) is 14.2 Å². The van der Waals surface area contributed by atoms with Crippen molar-refractivity contribution in [1.29, 1.82) is 0 Å². The highest BCUT2D eigenvalue weighted by molar-refractivity contribution is 5.20. The fraction of sp³-hybridized carbons (Fsp3) is 0.444. The van der Waals surface area contributed by atoms with Gasteiger partial charge in [-0.1, -0.05) is 6.07 Å². The molecule has 1 aliphatic heterocycles. The molecule has 0 N–H and O–H groups in total. The van der Waals surface area contributed by atoms with Crippen LogP contribution in [0, 0.1) is 0 Å². The first-order chi connectivity index (χ1) is 11.8. The van der Waals surface area contributed by atoms with Gasteiger partial charge in [0.1, 0.15) is 0 Å². The SMILES string of the molecule is COc1ccc(CN2CCN(Cc3ccnc(OC)c3)CC2)cn1. The third kappa shape index (κ3) is 4.43. The van der Waals surface area contributed by atoms with E-state index in [2.05, 4.69) is 31.9 Å². The number of methoxy groups -OCH3 is 2. The van der Waals surface area contributed by atoms with Gasteiger partial charge in [0, 0.05) is 63.8 Å². The molecule has 0 aromatic carbocycles. The van der Waals surface area contributed by atoms with Crippen LogP contribution < -0.4 is 9.47 Å². The molecule has 0 aliphatic carbocycles. The molecule has 0 unspecified atom stereocenters. The van der Waals surface area contributed by atoms with E-state index in [1.807, 2.05) is 18.3 Å². The van der Waals surface area contributed by atoms with E-state index in [0.717, 1.165) is 39.3 Å². The summed E-state index contributed by atoms with van der Waals surface area (Å²) in [6.07, 6.45) is 3.70. The second kappa shape index (κ2) is 8.08. The lowest BCUT2D eigenvalue weighted by Crippen LogP contribution is -2.45. The Balaban J connectivity index is 1.48. The van der Waals surface area contributed by atoms with Gasteiger partial charge in [-0.2, -0.15) is 0 Å². The molecule has 0 atom stereocenters. The number of aromatic nitrogens is 2. The highest BCUT2D eigenvalue weighted by atomic mass is 16.5.